The molecule has 0 aliphatic heterocycles. The van der Waals surface area contributed by atoms with Crippen LogP contribution in [0.5, 0.6) is 0 Å². The molecule has 0 aromatic heterocycles. The third-order valence-electron chi connectivity index (χ3n) is 2.73. The van der Waals surface area contributed by atoms with Gasteiger partial charge >= 0.3 is 0 Å². The molecule has 0 bridgehead atoms. The molecule has 116 valence electrons. The van der Waals surface area contributed by atoms with Gasteiger partial charge in [0.25, 0.3) is 0 Å². The van der Waals surface area contributed by atoms with E-state index in [1.54, 1.807) is 13.8 Å². The van der Waals surface area contributed by atoms with E-state index in [0.29, 0.717) is 0 Å². The second kappa shape index (κ2) is 7.52. The van der Waals surface area contributed by atoms with E-state index in [0.717, 1.165) is 22.5 Å². The normalized spacial score (nSPS) is 11.6. The quantitative estimate of drug-likeness (QED) is 0.779. The van der Waals surface area contributed by atoms with Crippen molar-refractivity contribution in [2.24, 2.45) is 0 Å². The van der Waals surface area contributed by atoms with Crippen molar-refractivity contribution in [3.05, 3.63) is 29.6 Å². The summed E-state index contributed by atoms with van der Waals surface area (Å²) >= 11 is 0. The number of sulfonamides is 1. The third kappa shape index (κ3) is 4.25. The van der Waals surface area contributed by atoms with Crippen molar-refractivity contribution in [2.75, 3.05) is 19.8 Å². The minimum Gasteiger partial charge on any atom is -0.395 e. The molecule has 2 N–H and O–H groups in total. The molecule has 0 fully saturated rings. The Morgan fingerprint density at radius 1 is 1.33 bits per heavy atom. The van der Waals surface area contributed by atoms with E-state index < -0.39 is 22.4 Å². The van der Waals surface area contributed by atoms with Crippen LogP contribution in [-0.2, 0) is 10.0 Å². The second-order valence-electron chi connectivity index (χ2n) is 4.53. The van der Waals surface area contributed by atoms with E-state index in [9.17, 15) is 12.8 Å². The predicted molar refractivity (Wildman–Crippen MR) is 76.5 cm³/mol. The Labute approximate surface area is 124 Å². The highest BCUT2D eigenvalue weighted by Gasteiger charge is 2.28. The Kier molecular flexibility index (Phi) is 6.30. The van der Waals surface area contributed by atoms with Gasteiger partial charge in [-0.2, -0.15) is 4.31 Å². The minimum atomic E-state index is -3.92. The maximum absolute atomic E-state index is 13.3. The molecule has 0 saturated carbocycles. The van der Waals surface area contributed by atoms with E-state index >= 15 is 0 Å². The molecule has 0 unspecified atom stereocenters. The van der Waals surface area contributed by atoms with E-state index in [1.807, 2.05) is 0 Å². The molecule has 1 aromatic carbocycles. The van der Waals surface area contributed by atoms with Crippen LogP contribution in [0.2, 0.25) is 0 Å². The van der Waals surface area contributed by atoms with Gasteiger partial charge in [0.15, 0.2) is 0 Å². The Morgan fingerprint density at radius 2 is 2.00 bits per heavy atom. The number of hydrogen-bond acceptors (Lipinski definition) is 4. The molecular weight excluding hydrogens is 297 g/mol. The molecule has 1 rings (SSSR count). The number of benzene rings is 1. The van der Waals surface area contributed by atoms with Crippen molar-refractivity contribution in [1.82, 2.24) is 4.31 Å². The van der Waals surface area contributed by atoms with E-state index in [1.165, 1.54) is 0 Å². The van der Waals surface area contributed by atoms with Crippen LogP contribution >= 0.6 is 0 Å². The van der Waals surface area contributed by atoms with Crippen molar-refractivity contribution in [3.8, 4) is 11.8 Å². The lowest BCUT2D eigenvalue weighted by atomic mass is 10.2. The molecule has 7 heteroatoms. The van der Waals surface area contributed by atoms with Crippen LogP contribution in [0.15, 0.2) is 23.1 Å². The molecule has 0 radical (unpaired) electrons. The van der Waals surface area contributed by atoms with Gasteiger partial charge in [-0.25, -0.2) is 12.8 Å². The highest BCUT2D eigenvalue weighted by Crippen LogP contribution is 2.22. The first-order valence-corrected chi connectivity index (χ1v) is 7.80. The fourth-order valence-corrected chi connectivity index (χ4v) is 3.60. The van der Waals surface area contributed by atoms with Gasteiger partial charge in [-0.05, 0) is 32.0 Å². The van der Waals surface area contributed by atoms with E-state index in [4.69, 9.17) is 10.2 Å². The van der Waals surface area contributed by atoms with E-state index in [2.05, 4.69) is 11.8 Å². The first kappa shape index (κ1) is 17.6. The Morgan fingerprint density at radius 3 is 2.52 bits per heavy atom. The van der Waals surface area contributed by atoms with Gasteiger partial charge in [-0.15, -0.1) is 0 Å². The second-order valence-corrected chi connectivity index (χ2v) is 6.39. The summed E-state index contributed by atoms with van der Waals surface area (Å²) in [5.41, 5.74) is -0.0207. The number of rotatable bonds is 5. The monoisotopic (exact) mass is 315 g/mol. The summed E-state index contributed by atoms with van der Waals surface area (Å²) < 4.78 is 39.6. The van der Waals surface area contributed by atoms with Crippen molar-refractivity contribution in [2.45, 2.75) is 24.8 Å². The molecular formula is C14H18FNO4S. The van der Waals surface area contributed by atoms with Crippen molar-refractivity contribution in [3.63, 3.8) is 0 Å². The third-order valence-corrected chi connectivity index (χ3v) is 4.86. The van der Waals surface area contributed by atoms with Gasteiger partial charge in [0.1, 0.15) is 12.4 Å². The maximum atomic E-state index is 13.3. The lowest BCUT2D eigenvalue weighted by Gasteiger charge is -2.25. The highest BCUT2D eigenvalue weighted by molar-refractivity contribution is 7.89. The predicted octanol–water partition coefficient (Wildman–Crippen LogP) is 0.561. The van der Waals surface area contributed by atoms with Crippen LogP contribution in [0, 0.1) is 17.7 Å². The zero-order valence-electron chi connectivity index (χ0n) is 11.9. The molecule has 0 amide bonds. The Hall–Kier alpha value is -1.46. The lowest BCUT2D eigenvalue weighted by Crippen LogP contribution is -2.39. The zero-order valence-corrected chi connectivity index (χ0v) is 12.7. The van der Waals surface area contributed by atoms with Crippen molar-refractivity contribution in [1.29, 1.82) is 0 Å². The maximum Gasteiger partial charge on any atom is 0.244 e. The molecule has 0 heterocycles. The van der Waals surface area contributed by atoms with E-state index in [-0.39, 0.29) is 29.7 Å². The lowest BCUT2D eigenvalue weighted by molar-refractivity contribution is 0.236. The SMILES string of the molecule is CC(C)N(CCO)S(=O)(=O)c1ccc(F)cc1C#CCO. The number of nitrogens with zero attached hydrogens (tertiary/aromatic N) is 1. The summed E-state index contributed by atoms with van der Waals surface area (Å²) in [5.74, 6) is 4.13. The molecule has 1 aromatic rings. The number of halogens is 1. The standard InChI is InChI=1S/C14H18FNO4S/c1-11(2)16(7-9-18)21(19,20)14-6-5-13(15)10-12(14)4-3-8-17/h5-6,10-11,17-18H,7-9H2,1-2H3. The van der Waals surface area contributed by atoms with Crippen LogP contribution in [0.3, 0.4) is 0 Å². The first-order chi connectivity index (χ1) is 9.84. The summed E-state index contributed by atoms with van der Waals surface area (Å²) in [6.07, 6.45) is 0. The molecule has 0 atom stereocenters. The van der Waals surface area contributed by atoms with Crippen LogP contribution in [0.25, 0.3) is 0 Å². The number of aliphatic hydroxyl groups is 2. The summed E-state index contributed by atoms with van der Waals surface area (Å²) in [6.45, 7) is 2.51. The smallest absolute Gasteiger partial charge is 0.244 e. The molecule has 0 aliphatic carbocycles. The fraction of sp³-hybridized carbons (Fsp3) is 0.429. The fourth-order valence-electron chi connectivity index (χ4n) is 1.84. The number of aliphatic hydroxyl groups excluding tert-OH is 2. The summed E-state index contributed by atoms with van der Waals surface area (Å²) in [4.78, 5) is -0.146. The molecule has 0 aliphatic rings. The van der Waals surface area contributed by atoms with Gasteiger partial charge < -0.3 is 10.2 Å². The average molecular weight is 315 g/mol. The van der Waals surface area contributed by atoms with Gasteiger partial charge in [-0.1, -0.05) is 11.8 Å². The summed E-state index contributed by atoms with van der Waals surface area (Å²) in [5, 5.41) is 17.7. The van der Waals surface area contributed by atoms with Crippen molar-refractivity contribution >= 4 is 10.0 Å². The van der Waals surface area contributed by atoms with Crippen molar-refractivity contribution < 1.29 is 23.0 Å². The zero-order chi connectivity index (χ0) is 16.0. The van der Waals surface area contributed by atoms with Crippen LogP contribution in [0.4, 0.5) is 4.39 Å². The molecule has 5 nitrogen and oxygen atoms in total. The minimum absolute atomic E-state index is 0.0207. The topological polar surface area (TPSA) is 77.8 Å². The van der Waals surface area contributed by atoms with Crippen LogP contribution in [0.1, 0.15) is 19.4 Å². The average Bonchev–Trinajstić information content (AvgIpc) is 2.41. The van der Waals surface area contributed by atoms with Gasteiger partial charge in [0, 0.05) is 18.2 Å². The summed E-state index contributed by atoms with van der Waals surface area (Å²) in [7, 11) is -3.92. The summed E-state index contributed by atoms with van der Waals surface area (Å²) in [6, 6.07) is 2.81. The Balaban J connectivity index is 3.42. The van der Waals surface area contributed by atoms with Gasteiger partial charge in [0.2, 0.25) is 10.0 Å². The van der Waals surface area contributed by atoms with Gasteiger partial charge in [0.05, 0.1) is 11.5 Å². The molecule has 21 heavy (non-hydrogen) atoms. The number of hydrogen-bond donors (Lipinski definition) is 2. The first-order valence-electron chi connectivity index (χ1n) is 6.36. The highest BCUT2D eigenvalue weighted by atomic mass is 32.2. The largest absolute Gasteiger partial charge is 0.395 e. The molecule has 0 spiro atoms. The van der Waals surface area contributed by atoms with Gasteiger partial charge in [-0.3, -0.25) is 0 Å². The Bertz CT molecular complexity index is 647. The molecule has 0 saturated heterocycles. The van der Waals surface area contributed by atoms with Crippen LogP contribution < -0.4 is 0 Å². The van der Waals surface area contributed by atoms with Crippen LogP contribution in [-0.4, -0.2) is 48.7 Å².